The summed E-state index contributed by atoms with van der Waals surface area (Å²) in [4.78, 5) is 0. The van der Waals surface area contributed by atoms with Crippen LogP contribution in [0, 0.1) is 10.8 Å². The lowest BCUT2D eigenvalue weighted by Gasteiger charge is -2.27. The van der Waals surface area contributed by atoms with E-state index in [-0.39, 0.29) is 52.9 Å². The number of hydrogen-bond acceptors (Lipinski definition) is 6. The smallest absolute Gasteiger partial charge is 0.391 e. The van der Waals surface area contributed by atoms with Crippen molar-refractivity contribution in [1.82, 2.24) is 0 Å². The molecule has 0 aliphatic heterocycles. The summed E-state index contributed by atoms with van der Waals surface area (Å²) in [5.41, 5.74) is -1.68. The van der Waals surface area contributed by atoms with Crippen molar-refractivity contribution < 1.29 is 55.5 Å². The van der Waals surface area contributed by atoms with Gasteiger partial charge in [0.25, 0.3) is 0 Å². The van der Waals surface area contributed by atoms with Gasteiger partial charge in [0.05, 0.1) is 65.7 Å². The molecule has 2 atom stereocenters. The molecule has 0 aromatic rings. The van der Waals surface area contributed by atoms with Gasteiger partial charge in [-0.25, -0.2) is 0 Å². The standard InChI is InChI=1S/C19H34F6O6/c1-16(10-26,14-30-8-4-18(20,21)22)12-28-6-3-7-29-13-17(2,11-27)15-31-9-5-19(23,24)25/h26-27H,3-15H2,1-2H3. The topological polar surface area (TPSA) is 77.4 Å². The molecular weight excluding hydrogens is 438 g/mol. The van der Waals surface area contributed by atoms with Gasteiger partial charge in [-0.2, -0.15) is 26.3 Å². The normalized spacial score (nSPS) is 16.8. The van der Waals surface area contributed by atoms with Crippen LogP contribution in [0.4, 0.5) is 26.3 Å². The molecule has 12 heteroatoms. The van der Waals surface area contributed by atoms with Crippen LogP contribution in [0.25, 0.3) is 0 Å². The number of aliphatic hydroxyl groups is 2. The van der Waals surface area contributed by atoms with Crippen LogP contribution in [0.1, 0.15) is 33.1 Å². The third-order valence-electron chi connectivity index (χ3n) is 4.20. The predicted molar refractivity (Wildman–Crippen MR) is 99.6 cm³/mol. The summed E-state index contributed by atoms with van der Waals surface area (Å²) in [6.45, 7) is 2.15. The summed E-state index contributed by atoms with van der Waals surface area (Å²) in [5.74, 6) is 0. The highest BCUT2D eigenvalue weighted by molar-refractivity contribution is 4.73. The van der Waals surface area contributed by atoms with Crippen LogP contribution >= 0.6 is 0 Å². The maximum atomic E-state index is 12.1. The number of rotatable bonds is 18. The number of halogens is 6. The number of hydrogen-bond donors (Lipinski definition) is 2. The minimum atomic E-state index is -4.30. The zero-order valence-corrected chi connectivity index (χ0v) is 18.0. The monoisotopic (exact) mass is 472 g/mol. The number of alkyl halides is 6. The van der Waals surface area contributed by atoms with Crippen LogP contribution in [0.5, 0.6) is 0 Å². The highest BCUT2D eigenvalue weighted by Gasteiger charge is 2.30. The van der Waals surface area contributed by atoms with Crippen molar-refractivity contribution in [3.63, 3.8) is 0 Å². The first-order chi connectivity index (χ1) is 14.2. The van der Waals surface area contributed by atoms with Gasteiger partial charge in [-0.05, 0) is 6.42 Å². The zero-order chi connectivity index (χ0) is 24.0. The van der Waals surface area contributed by atoms with Crippen LogP contribution in [-0.2, 0) is 18.9 Å². The zero-order valence-electron chi connectivity index (χ0n) is 18.0. The summed E-state index contributed by atoms with van der Waals surface area (Å²) in [7, 11) is 0. The Balaban J connectivity index is 3.94. The van der Waals surface area contributed by atoms with Crippen LogP contribution < -0.4 is 0 Å². The fourth-order valence-corrected chi connectivity index (χ4v) is 2.18. The minimum absolute atomic E-state index is 0.0803. The molecule has 2 N–H and O–H groups in total. The molecule has 0 saturated heterocycles. The van der Waals surface area contributed by atoms with Crippen molar-refractivity contribution in [2.24, 2.45) is 10.8 Å². The molecule has 0 aliphatic rings. The maximum Gasteiger partial charge on any atom is 0.391 e. The summed E-state index contributed by atoms with van der Waals surface area (Å²) in [6.07, 6.45) is -10.3. The molecule has 0 aromatic heterocycles. The van der Waals surface area contributed by atoms with E-state index in [0.717, 1.165) is 0 Å². The first-order valence-electron chi connectivity index (χ1n) is 9.90. The van der Waals surface area contributed by atoms with Crippen LogP contribution in [0.2, 0.25) is 0 Å². The highest BCUT2D eigenvalue weighted by atomic mass is 19.4. The molecule has 0 radical (unpaired) electrons. The Kier molecular flexibility index (Phi) is 14.2. The average molecular weight is 472 g/mol. The molecule has 31 heavy (non-hydrogen) atoms. The van der Waals surface area contributed by atoms with Gasteiger partial charge in [-0.1, -0.05) is 13.8 Å². The molecule has 0 bridgehead atoms. The van der Waals surface area contributed by atoms with Crippen molar-refractivity contribution >= 4 is 0 Å². The molecular formula is C19H34F6O6. The molecule has 0 spiro atoms. The molecule has 0 fully saturated rings. The Bertz CT molecular complexity index is 422. The Morgan fingerprint density at radius 2 is 0.839 bits per heavy atom. The van der Waals surface area contributed by atoms with Gasteiger partial charge in [-0.15, -0.1) is 0 Å². The third-order valence-corrected chi connectivity index (χ3v) is 4.20. The second-order valence-corrected chi connectivity index (χ2v) is 8.23. The second-order valence-electron chi connectivity index (χ2n) is 8.23. The first-order valence-corrected chi connectivity index (χ1v) is 9.90. The second kappa shape index (κ2) is 14.5. The SMILES string of the molecule is CC(CO)(COCCCOCC(C)(CO)COCCC(F)(F)F)COCCC(F)(F)F. The van der Waals surface area contributed by atoms with Crippen molar-refractivity contribution in [3.05, 3.63) is 0 Å². The summed E-state index contributed by atoms with van der Waals surface area (Å²) in [5, 5.41) is 18.9. The van der Waals surface area contributed by atoms with Crippen LogP contribution in [0.3, 0.4) is 0 Å². The molecule has 0 amide bonds. The molecule has 0 rings (SSSR count). The van der Waals surface area contributed by atoms with Gasteiger partial charge in [0, 0.05) is 24.0 Å². The predicted octanol–water partition coefficient (Wildman–Crippen LogP) is 3.34. The van der Waals surface area contributed by atoms with E-state index < -0.39 is 49.2 Å². The molecule has 6 nitrogen and oxygen atoms in total. The van der Waals surface area contributed by atoms with E-state index in [1.54, 1.807) is 13.8 Å². The Labute approximate surface area is 178 Å². The Hall–Kier alpha value is -0.660. The van der Waals surface area contributed by atoms with Crippen LogP contribution in [0.15, 0.2) is 0 Å². The summed E-state index contributed by atoms with van der Waals surface area (Å²) < 4.78 is 93.4. The van der Waals surface area contributed by atoms with E-state index in [1.807, 2.05) is 0 Å². The van der Waals surface area contributed by atoms with E-state index in [9.17, 15) is 36.6 Å². The molecule has 0 aromatic carbocycles. The molecule has 0 heterocycles. The average Bonchev–Trinajstić information content (AvgIpc) is 2.66. The van der Waals surface area contributed by atoms with E-state index in [0.29, 0.717) is 6.42 Å². The largest absolute Gasteiger partial charge is 0.396 e. The van der Waals surface area contributed by atoms with Crippen molar-refractivity contribution in [1.29, 1.82) is 0 Å². The van der Waals surface area contributed by atoms with E-state index in [1.165, 1.54) is 0 Å². The molecule has 188 valence electrons. The lowest BCUT2D eigenvalue weighted by molar-refractivity contribution is -0.150. The van der Waals surface area contributed by atoms with E-state index >= 15 is 0 Å². The first kappa shape index (κ1) is 30.3. The van der Waals surface area contributed by atoms with Gasteiger partial charge in [-0.3, -0.25) is 0 Å². The van der Waals surface area contributed by atoms with E-state index in [2.05, 4.69) is 0 Å². The lowest BCUT2D eigenvalue weighted by atomic mass is 9.94. The van der Waals surface area contributed by atoms with Gasteiger partial charge in [0.15, 0.2) is 0 Å². The van der Waals surface area contributed by atoms with E-state index in [4.69, 9.17) is 18.9 Å². The lowest BCUT2D eigenvalue weighted by Crippen LogP contribution is -2.34. The summed E-state index contributed by atoms with van der Waals surface area (Å²) >= 11 is 0. The molecule has 0 aliphatic carbocycles. The third kappa shape index (κ3) is 17.6. The summed E-state index contributed by atoms with van der Waals surface area (Å²) in [6, 6.07) is 0. The van der Waals surface area contributed by atoms with Gasteiger partial charge in [0.2, 0.25) is 0 Å². The highest BCUT2D eigenvalue weighted by Crippen LogP contribution is 2.22. The fraction of sp³-hybridized carbons (Fsp3) is 1.00. The van der Waals surface area contributed by atoms with Crippen molar-refractivity contribution in [3.8, 4) is 0 Å². The van der Waals surface area contributed by atoms with Crippen molar-refractivity contribution in [2.75, 3.05) is 66.1 Å². The molecule has 0 saturated carbocycles. The quantitative estimate of drug-likeness (QED) is 0.235. The van der Waals surface area contributed by atoms with Gasteiger partial charge in [0.1, 0.15) is 0 Å². The molecule has 2 unspecified atom stereocenters. The number of ether oxygens (including phenoxy) is 4. The van der Waals surface area contributed by atoms with Crippen LogP contribution in [-0.4, -0.2) is 88.6 Å². The minimum Gasteiger partial charge on any atom is -0.396 e. The van der Waals surface area contributed by atoms with Gasteiger partial charge >= 0.3 is 12.4 Å². The van der Waals surface area contributed by atoms with Crippen molar-refractivity contribution in [2.45, 2.75) is 45.5 Å². The maximum absolute atomic E-state index is 12.1. The number of aliphatic hydroxyl groups excluding tert-OH is 2. The fourth-order valence-electron chi connectivity index (χ4n) is 2.18. The Morgan fingerprint density at radius 1 is 0.548 bits per heavy atom. The Morgan fingerprint density at radius 3 is 1.10 bits per heavy atom. The van der Waals surface area contributed by atoms with Gasteiger partial charge < -0.3 is 29.2 Å².